The maximum absolute atomic E-state index is 12.0. The lowest BCUT2D eigenvalue weighted by Crippen LogP contribution is -2.57. The first-order valence-electron chi connectivity index (χ1n) is 5.30. The Morgan fingerprint density at radius 1 is 1.56 bits per heavy atom. The molecule has 2 unspecified atom stereocenters. The molecule has 1 aliphatic rings. The zero-order chi connectivity index (χ0) is 12.3. The number of carbonyl (C=O) groups excluding carboxylic acids is 1. The van der Waals surface area contributed by atoms with Crippen LogP contribution in [-0.2, 0) is 14.8 Å². The third-order valence-electron chi connectivity index (χ3n) is 2.55. The van der Waals surface area contributed by atoms with Crippen molar-refractivity contribution >= 4 is 15.9 Å². The topological polar surface area (TPSA) is 78.5 Å². The van der Waals surface area contributed by atoms with Gasteiger partial charge in [0.25, 0.3) is 0 Å². The zero-order valence-corrected chi connectivity index (χ0v) is 10.7. The minimum atomic E-state index is -3.34. The zero-order valence-electron chi connectivity index (χ0n) is 9.86. The summed E-state index contributed by atoms with van der Waals surface area (Å²) in [6.45, 7) is 5.63. The summed E-state index contributed by atoms with van der Waals surface area (Å²) in [6, 6.07) is -0.597. The molecule has 2 atom stereocenters. The lowest BCUT2D eigenvalue weighted by Gasteiger charge is -2.35. The van der Waals surface area contributed by atoms with Crippen molar-refractivity contribution in [1.29, 1.82) is 0 Å². The molecule has 0 saturated carbocycles. The van der Waals surface area contributed by atoms with E-state index in [0.29, 0.717) is 6.54 Å². The molecule has 7 heteroatoms. The van der Waals surface area contributed by atoms with Crippen molar-refractivity contribution in [2.45, 2.75) is 25.9 Å². The van der Waals surface area contributed by atoms with Gasteiger partial charge in [0.2, 0.25) is 15.9 Å². The Morgan fingerprint density at radius 3 is 2.69 bits per heavy atom. The first-order valence-corrected chi connectivity index (χ1v) is 7.19. The first-order chi connectivity index (χ1) is 7.31. The van der Waals surface area contributed by atoms with Crippen molar-refractivity contribution in [3.8, 4) is 0 Å². The molecule has 94 valence electrons. The van der Waals surface area contributed by atoms with Crippen LogP contribution in [0.15, 0.2) is 0 Å². The molecular formula is C9H19N3O3S. The summed E-state index contributed by atoms with van der Waals surface area (Å²) < 4.78 is 24.3. The van der Waals surface area contributed by atoms with E-state index in [2.05, 4.69) is 10.0 Å². The van der Waals surface area contributed by atoms with Gasteiger partial charge >= 0.3 is 0 Å². The van der Waals surface area contributed by atoms with Gasteiger partial charge in [-0.3, -0.25) is 4.79 Å². The van der Waals surface area contributed by atoms with Crippen molar-refractivity contribution in [2.75, 3.05) is 25.9 Å². The molecule has 0 aromatic carbocycles. The molecular weight excluding hydrogens is 230 g/mol. The van der Waals surface area contributed by atoms with Crippen LogP contribution in [0.2, 0.25) is 0 Å². The van der Waals surface area contributed by atoms with Gasteiger partial charge in [0.15, 0.2) is 0 Å². The molecule has 1 amide bonds. The van der Waals surface area contributed by atoms with Crippen LogP contribution in [0.1, 0.15) is 13.8 Å². The van der Waals surface area contributed by atoms with E-state index in [1.807, 2.05) is 6.92 Å². The molecule has 0 bridgehead atoms. The number of sulfonamides is 1. The molecule has 0 aromatic rings. The lowest BCUT2D eigenvalue weighted by molar-refractivity contribution is -0.135. The van der Waals surface area contributed by atoms with Gasteiger partial charge in [0.05, 0.1) is 12.3 Å². The number of hydrogen-bond donors (Lipinski definition) is 2. The third kappa shape index (κ3) is 3.73. The number of carbonyl (C=O) groups is 1. The average Bonchev–Trinajstić information content (AvgIpc) is 2.15. The van der Waals surface area contributed by atoms with Gasteiger partial charge in [-0.2, -0.15) is 0 Å². The summed E-state index contributed by atoms with van der Waals surface area (Å²) in [5, 5.41) is 3.17. The van der Waals surface area contributed by atoms with E-state index in [1.165, 1.54) is 0 Å². The van der Waals surface area contributed by atoms with Crippen LogP contribution in [0.3, 0.4) is 0 Å². The molecule has 1 fully saturated rings. The smallest absolute Gasteiger partial charge is 0.240 e. The Bertz CT molecular complexity index is 355. The molecule has 0 radical (unpaired) electrons. The SMILES string of the molecule is CC(NS(C)(=O)=O)C(=O)N1CCNCC1C. The molecule has 6 nitrogen and oxygen atoms in total. The quantitative estimate of drug-likeness (QED) is 0.655. The molecule has 1 aliphatic heterocycles. The second-order valence-corrected chi connectivity index (χ2v) is 5.98. The number of hydrogen-bond acceptors (Lipinski definition) is 4. The van der Waals surface area contributed by atoms with Crippen LogP contribution in [0, 0.1) is 0 Å². The van der Waals surface area contributed by atoms with Gasteiger partial charge in [-0.1, -0.05) is 0 Å². The third-order valence-corrected chi connectivity index (χ3v) is 3.33. The summed E-state index contributed by atoms with van der Waals surface area (Å²) in [7, 11) is -3.34. The monoisotopic (exact) mass is 249 g/mol. The molecule has 0 spiro atoms. The molecule has 2 N–H and O–H groups in total. The molecule has 1 saturated heterocycles. The van der Waals surface area contributed by atoms with E-state index in [9.17, 15) is 13.2 Å². The van der Waals surface area contributed by atoms with Crippen LogP contribution in [0.4, 0.5) is 0 Å². The van der Waals surface area contributed by atoms with Gasteiger partial charge in [-0.05, 0) is 13.8 Å². The summed E-state index contributed by atoms with van der Waals surface area (Å²) in [4.78, 5) is 13.7. The molecule has 0 aliphatic carbocycles. The number of amides is 1. The average molecular weight is 249 g/mol. The first kappa shape index (κ1) is 13.4. The van der Waals surface area contributed by atoms with Gasteiger partial charge in [0.1, 0.15) is 0 Å². The number of piperazine rings is 1. The standard InChI is InChI=1S/C9H19N3O3S/c1-7-6-10-4-5-12(7)9(13)8(2)11-16(3,14)15/h7-8,10-11H,4-6H2,1-3H3. The van der Waals surface area contributed by atoms with Crippen LogP contribution < -0.4 is 10.0 Å². The minimum Gasteiger partial charge on any atom is -0.336 e. The Balaban J connectivity index is 2.62. The van der Waals surface area contributed by atoms with Crippen molar-refractivity contribution < 1.29 is 13.2 Å². The van der Waals surface area contributed by atoms with Gasteiger partial charge in [0, 0.05) is 25.7 Å². The summed E-state index contributed by atoms with van der Waals surface area (Å²) in [5.74, 6) is -0.167. The van der Waals surface area contributed by atoms with Crippen LogP contribution in [-0.4, -0.2) is 57.2 Å². The number of nitrogens with one attached hydrogen (secondary N) is 2. The highest BCUT2D eigenvalue weighted by atomic mass is 32.2. The molecule has 1 heterocycles. The van der Waals surface area contributed by atoms with Crippen LogP contribution in [0.5, 0.6) is 0 Å². The van der Waals surface area contributed by atoms with Crippen molar-refractivity contribution in [1.82, 2.24) is 14.9 Å². The Labute approximate surface area is 96.4 Å². The van der Waals surface area contributed by atoms with Crippen molar-refractivity contribution in [3.05, 3.63) is 0 Å². The predicted octanol–water partition coefficient (Wildman–Crippen LogP) is -1.26. The van der Waals surface area contributed by atoms with Crippen molar-refractivity contribution in [3.63, 3.8) is 0 Å². The van der Waals surface area contributed by atoms with E-state index in [1.54, 1.807) is 11.8 Å². The van der Waals surface area contributed by atoms with E-state index in [0.717, 1.165) is 19.3 Å². The Hall–Kier alpha value is -0.660. The largest absolute Gasteiger partial charge is 0.336 e. The normalized spacial score (nSPS) is 24.2. The highest BCUT2D eigenvalue weighted by Gasteiger charge is 2.27. The van der Waals surface area contributed by atoms with Crippen molar-refractivity contribution in [2.24, 2.45) is 0 Å². The highest BCUT2D eigenvalue weighted by molar-refractivity contribution is 7.88. The predicted molar refractivity (Wildman–Crippen MR) is 61.5 cm³/mol. The second-order valence-electron chi connectivity index (χ2n) is 4.20. The fourth-order valence-corrected chi connectivity index (χ4v) is 2.53. The summed E-state index contributed by atoms with van der Waals surface area (Å²) in [5.41, 5.74) is 0. The Kier molecular flexibility index (Phi) is 4.28. The van der Waals surface area contributed by atoms with E-state index in [-0.39, 0.29) is 11.9 Å². The maximum Gasteiger partial charge on any atom is 0.240 e. The summed E-state index contributed by atoms with van der Waals surface area (Å²) >= 11 is 0. The Morgan fingerprint density at radius 2 is 2.19 bits per heavy atom. The molecule has 1 rings (SSSR count). The second kappa shape index (κ2) is 5.11. The maximum atomic E-state index is 12.0. The van der Waals surface area contributed by atoms with E-state index >= 15 is 0 Å². The molecule has 0 aromatic heterocycles. The van der Waals surface area contributed by atoms with Gasteiger partial charge in [-0.25, -0.2) is 13.1 Å². The fraction of sp³-hybridized carbons (Fsp3) is 0.889. The minimum absolute atomic E-state index is 0.102. The van der Waals surface area contributed by atoms with Gasteiger partial charge < -0.3 is 10.2 Å². The molecule has 16 heavy (non-hydrogen) atoms. The van der Waals surface area contributed by atoms with Crippen LogP contribution >= 0.6 is 0 Å². The lowest BCUT2D eigenvalue weighted by atomic mass is 10.2. The fourth-order valence-electron chi connectivity index (χ4n) is 1.79. The van der Waals surface area contributed by atoms with E-state index < -0.39 is 16.1 Å². The number of rotatable bonds is 3. The summed E-state index contributed by atoms with van der Waals surface area (Å²) in [6.07, 6.45) is 1.05. The van der Waals surface area contributed by atoms with Gasteiger partial charge in [-0.15, -0.1) is 0 Å². The number of nitrogens with zero attached hydrogens (tertiary/aromatic N) is 1. The van der Waals surface area contributed by atoms with E-state index in [4.69, 9.17) is 0 Å². The highest BCUT2D eigenvalue weighted by Crippen LogP contribution is 2.05. The van der Waals surface area contributed by atoms with Crippen LogP contribution in [0.25, 0.3) is 0 Å².